The second kappa shape index (κ2) is 23.4. The summed E-state index contributed by atoms with van der Waals surface area (Å²) in [6.07, 6.45) is 8.22. The van der Waals surface area contributed by atoms with E-state index < -0.39 is 0 Å². The zero-order valence-electron chi connectivity index (χ0n) is 25.7. The Morgan fingerprint density at radius 1 is 0.545 bits per heavy atom. The van der Waals surface area contributed by atoms with Gasteiger partial charge in [-0.15, -0.1) is 0 Å². The van der Waals surface area contributed by atoms with Crippen LogP contribution in [0.3, 0.4) is 0 Å². The summed E-state index contributed by atoms with van der Waals surface area (Å²) in [5, 5.41) is 3.20. The van der Waals surface area contributed by atoms with Crippen molar-refractivity contribution in [1.82, 2.24) is 0 Å². The molecule has 0 fully saturated rings. The first kappa shape index (κ1) is 38.6. The number of hydrogen-bond acceptors (Lipinski definition) is 3. The standard InChI is InChI=1S/C11H24S.C10H22S.C9H20S/c1-9(2)7-8-11(5,6)12-10(3)4;1-8(2)6-7-10(5)11-9(3)4;1-8(2)6-5-7-10-9(3)4/h9-10H,7-8H2,1-6H3;8-10H,6-7H2,1-5H3;8-9H,5-7H2,1-4H3. The van der Waals surface area contributed by atoms with Crippen molar-refractivity contribution in [3.05, 3.63) is 0 Å². The van der Waals surface area contributed by atoms with Crippen LogP contribution in [0.2, 0.25) is 0 Å². The van der Waals surface area contributed by atoms with Gasteiger partial charge in [0.15, 0.2) is 0 Å². The van der Waals surface area contributed by atoms with Crippen molar-refractivity contribution >= 4 is 35.3 Å². The predicted octanol–water partition coefficient (Wildman–Crippen LogP) is 11.9. The number of thioether (sulfide) groups is 3. The van der Waals surface area contributed by atoms with Crippen LogP contribution in [0.25, 0.3) is 0 Å². The molecule has 0 nitrogen and oxygen atoms in total. The van der Waals surface area contributed by atoms with Gasteiger partial charge >= 0.3 is 0 Å². The first-order valence-corrected chi connectivity index (χ1v) is 16.8. The van der Waals surface area contributed by atoms with Crippen LogP contribution in [0.15, 0.2) is 0 Å². The third-order valence-electron chi connectivity index (χ3n) is 4.91. The third-order valence-corrected chi connectivity index (χ3v) is 8.66. The molecular weight excluding hydrogens is 457 g/mol. The Hall–Kier alpha value is 1.05. The molecule has 0 aliphatic heterocycles. The van der Waals surface area contributed by atoms with Gasteiger partial charge in [-0.25, -0.2) is 0 Å². The summed E-state index contributed by atoms with van der Waals surface area (Å²) in [5.74, 6) is 3.94. The zero-order chi connectivity index (χ0) is 26.6. The van der Waals surface area contributed by atoms with E-state index in [4.69, 9.17) is 0 Å². The number of hydrogen-bond donors (Lipinski definition) is 0. The monoisotopic (exact) mass is 522 g/mol. The smallest absolute Gasteiger partial charge is 0.0106 e. The van der Waals surface area contributed by atoms with Gasteiger partial charge in [0.1, 0.15) is 0 Å². The molecule has 0 aliphatic carbocycles. The summed E-state index contributed by atoms with van der Waals surface area (Å²) in [7, 11) is 0. The Morgan fingerprint density at radius 3 is 1.39 bits per heavy atom. The quantitative estimate of drug-likeness (QED) is 0.196. The van der Waals surface area contributed by atoms with Gasteiger partial charge in [0.05, 0.1) is 0 Å². The number of rotatable bonds is 15. The summed E-state index contributed by atoms with van der Waals surface area (Å²) in [5.41, 5.74) is 0. The van der Waals surface area contributed by atoms with Gasteiger partial charge < -0.3 is 0 Å². The van der Waals surface area contributed by atoms with E-state index in [1.165, 1.54) is 44.3 Å². The van der Waals surface area contributed by atoms with E-state index in [0.29, 0.717) is 4.75 Å². The average molecular weight is 523 g/mol. The van der Waals surface area contributed by atoms with E-state index in [2.05, 4.69) is 139 Å². The lowest BCUT2D eigenvalue weighted by Crippen LogP contribution is -2.18. The molecule has 1 atom stereocenters. The maximum absolute atomic E-state index is 2.36. The normalized spacial score (nSPS) is 13.0. The Kier molecular flexibility index (Phi) is 27.4. The predicted molar refractivity (Wildman–Crippen MR) is 169 cm³/mol. The molecule has 3 heteroatoms. The summed E-state index contributed by atoms with van der Waals surface area (Å²) < 4.78 is 0.471. The minimum atomic E-state index is 0.471. The summed E-state index contributed by atoms with van der Waals surface area (Å²) in [6, 6.07) is 0. The van der Waals surface area contributed by atoms with Gasteiger partial charge in [-0.2, -0.15) is 35.3 Å². The highest BCUT2D eigenvalue weighted by Crippen LogP contribution is 2.33. The molecule has 0 bridgehead atoms. The van der Waals surface area contributed by atoms with Crippen molar-refractivity contribution in [2.75, 3.05) is 5.75 Å². The molecule has 0 N–H and O–H groups in total. The molecule has 33 heavy (non-hydrogen) atoms. The largest absolute Gasteiger partial charge is 0.159 e. The molecule has 0 spiro atoms. The first-order chi connectivity index (χ1) is 15.0. The summed E-state index contributed by atoms with van der Waals surface area (Å²) in [6.45, 7) is 34.5. The highest BCUT2D eigenvalue weighted by molar-refractivity contribution is 8.01. The first-order valence-electron chi connectivity index (χ1n) is 13.9. The average Bonchev–Trinajstić information content (AvgIpc) is 2.61. The molecular formula is C30H66S3. The lowest BCUT2D eigenvalue weighted by molar-refractivity contribution is 0.501. The van der Waals surface area contributed by atoms with Crippen LogP contribution < -0.4 is 0 Å². The van der Waals surface area contributed by atoms with Crippen LogP contribution in [0, 0.1) is 17.8 Å². The van der Waals surface area contributed by atoms with Crippen molar-refractivity contribution in [2.24, 2.45) is 17.8 Å². The van der Waals surface area contributed by atoms with E-state index >= 15 is 0 Å². The van der Waals surface area contributed by atoms with Crippen molar-refractivity contribution in [1.29, 1.82) is 0 Å². The second-order valence-corrected chi connectivity index (χ2v) is 18.3. The van der Waals surface area contributed by atoms with Gasteiger partial charge in [-0.3, -0.25) is 0 Å². The van der Waals surface area contributed by atoms with E-state index in [1.54, 1.807) is 0 Å². The minimum Gasteiger partial charge on any atom is -0.159 e. The van der Waals surface area contributed by atoms with E-state index in [-0.39, 0.29) is 0 Å². The Balaban J connectivity index is -0.000000411. The molecule has 0 aromatic carbocycles. The van der Waals surface area contributed by atoms with Crippen molar-refractivity contribution in [3.63, 3.8) is 0 Å². The van der Waals surface area contributed by atoms with Crippen LogP contribution in [-0.2, 0) is 0 Å². The molecule has 0 rings (SSSR count). The topological polar surface area (TPSA) is 0 Å². The van der Waals surface area contributed by atoms with Gasteiger partial charge in [-0.05, 0) is 71.4 Å². The van der Waals surface area contributed by atoms with Crippen LogP contribution in [-0.4, -0.2) is 31.5 Å². The van der Waals surface area contributed by atoms with E-state index in [0.717, 1.165) is 38.8 Å². The Labute approximate surface area is 226 Å². The minimum absolute atomic E-state index is 0.471. The van der Waals surface area contributed by atoms with Crippen molar-refractivity contribution < 1.29 is 0 Å². The van der Waals surface area contributed by atoms with Crippen molar-refractivity contribution in [3.8, 4) is 0 Å². The second-order valence-electron chi connectivity index (χ2n) is 12.3. The molecule has 0 radical (unpaired) electrons. The molecule has 0 aromatic rings. The van der Waals surface area contributed by atoms with Crippen molar-refractivity contribution in [2.45, 2.75) is 168 Å². The molecule has 0 amide bonds. The third kappa shape index (κ3) is 40.5. The lowest BCUT2D eigenvalue weighted by Gasteiger charge is -2.26. The van der Waals surface area contributed by atoms with Crippen LogP contribution in [0.5, 0.6) is 0 Å². The highest BCUT2D eigenvalue weighted by atomic mass is 32.2. The fourth-order valence-corrected chi connectivity index (χ4v) is 6.76. The highest BCUT2D eigenvalue weighted by Gasteiger charge is 2.19. The molecule has 0 saturated heterocycles. The molecule has 0 heterocycles. The molecule has 0 aliphatic rings. The molecule has 204 valence electrons. The fourth-order valence-electron chi connectivity index (χ4n) is 3.24. The van der Waals surface area contributed by atoms with Crippen LogP contribution in [0.4, 0.5) is 0 Å². The van der Waals surface area contributed by atoms with Crippen LogP contribution in [0.1, 0.15) is 142 Å². The zero-order valence-corrected chi connectivity index (χ0v) is 28.2. The molecule has 0 aromatic heterocycles. The maximum Gasteiger partial charge on any atom is 0.0106 e. The lowest BCUT2D eigenvalue weighted by atomic mass is 10.0. The summed E-state index contributed by atoms with van der Waals surface area (Å²) >= 11 is 6.27. The summed E-state index contributed by atoms with van der Waals surface area (Å²) in [4.78, 5) is 0. The van der Waals surface area contributed by atoms with Gasteiger partial charge in [0.2, 0.25) is 0 Å². The molecule has 0 saturated carbocycles. The van der Waals surface area contributed by atoms with Gasteiger partial charge in [0, 0.05) is 10.00 Å². The van der Waals surface area contributed by atoms with Crippen LogP contribution >= 0.6 is 35.3 Å². The van der Waals surface area contributed by atoms with E-state index in [1.807, 2.05) is 0 Å². The van der Waals surface area contributed by atoms with Gasteiger partial charge in [-0.1, -0.05) is 110 Å². The Morgan fingerprint density at radius 2 is 1.03 bits per heavy atom. The SMILES string of the molecule is CC(C)CCC(C)(C)SC(C)C.CC(C)CCC(C)SC(C)C.CC(C)CCCSC(C)C. The maximum atomic E-state index is 2.36. The van der Waals surface area contributed by atoms with E-state index in [9.17, 15) is 0 Å². The van der Waals surface area contributed by atoms with Gasteiger partial charge in [0.25, 0.3) is 0 Å². The fraction of sp³-hybridized carbons (Fsp3) is 1.00. The molecule has 1 unspecified atom stereocenters. The Bertz CT molecular complexity index is 374.